The number of nitrogens with zero attached hydrogens (tertiary/aromatic N) is 1. The van der Waals surface area contributed by atoms with Crippen LogP contribution in [0.25, 0.3) is 11.1 Å². The van der Waals surface area contributed by atoms with Crippen LogP contribution in [0.15, 0.2) is 42.5 Å². The van der Waals surface area contributed by atoms with Crippen LogP contribution in [0, 0.1) is 0 Å². The number of nitrogens with two attached hydrogens (primary N) is 1. The zero-order chi connectivity index (χ0) is 13.1. The van der Waals surface area contributed by atoms with Crippen LogP contribution in [0.5, 0.6) is 0 Å². The van der Waals surface area contributed by atoms with Gasteiger partial charge in [0.2, 0.25) is 0 Å². The lowest BCUT2D eigenvalue weighted by atomic mass is 10.0. The molecule has 0 saturated carbocycles. The van der Waals surface area contributed by atoms with Crippen LogP contribution in [0.3, 0.4) is 0 Å². The Kier molecular flexibility index (Phi) is 3.90. The summed E-state index contributed by atoms with van der Waals surface area (Å²) in [6, 6.07) is 14.3. The molecule has 0 spiro atoms. The summed E-state index contributed by atoms with van der Waals surface area (Å²) in [5, 5.41) is 0.746. The summed E-state index contributed by atoms with van der Waals surface area (Å²) in [6.07, 6.45) is 0. The fraction of sp³-hybridized carbons (Fsp3) is 0.200. The lowest BCUT2D eigenvalue weighted by Gasteiger charge is -2.13. The fourth-order valence-electron chi connectivity index (χ4n) is 1.86. The van der Waals surface area contributed by atoms with Gasteiger partial charge in [0.1, 0.15) is 0 Å². The van der Waals surface area contributed by atoms with Gasteiger partial charge in [-0.25, -0.2) is 0 Å². The molecule has 0 aliphatic heterocycles. The van der Waals surface area contributed by atoms with Crippen molar-refractivity contribution in [3.63, 3.8) is 0 Å². The summed E-state index contributed by atoms with van der Waals surface area (Å²) in [5.74, 6) is 0. The molecule has 0 saturated heterocycles. The van der Waals surface area contributed by atoms with Crippen LogP contribution < -0.4 is 10.6 Å². The molecule has 0 aliphatic carbocycles. The number of halogens is 1. The van der Waals surface area contributed by atoms with E-state index in [9.17, 15) is 0 Å². The van der Waals surface area contributed by atoms with Crippen LogP contribution in [-0.2, 0) is 6.54 Å². The maximum atomic E-state index is 6.28. The van der Waals surface area contributed by atoms with Gasteiger partial charge in [-0.05, 0) is 29.3 Å². The molecule has 3 heteroatoms. The molecule has 0 bridgehead atoms. The molecular weight excluding hydrogens is 244 g/mol. The van der Waals surface area contributed by atoms with Crippen molar-refractivity contribution in [1.82, 2.24) is 0 Å². The monoisotopic (exact) mass is 260 g/mol. The third kappa shape index (κ3) is 2.66. The smallest absolute Gasteiger partial charge is 0.0487 e. The van der Waals surface area contributed by atoms with Crippen molar-refractivity contribution < 1.29 is 0 Å². The van der Waals surface area contributed by atoms with E-state index in [0.29, 0.717) is 6.54 Å². The van der Waals surface area contributed by atoms with Gasteiger partial charge in [0, 0.05) is 36.9 Å². The molecule has 0 fully saturated rings. The highest BCUT2D eigenvalue weighted by Gasteiger charge is 2.04. The topological polar surface area (TPSA) is 29.3 Å². The molecule has 0 aromatic heterocycles. The summed E-state index contributed by atoms with van der Waals surface area (Å²) < 4.78 is 0. The van der Waals surface area contributed by atoms with E-state index in [4.69, 9.17) is 17.3 Å². The average molecular weight is 261 g/mol. The minimum absolute atomic E-state index is 0.513. The van der Waals surface area contributed by atoms with Gasteiger partial charge in [0.25, 0.3) is 0 Å². The van der Waals surface area contributed by atoms with Crippen molar-refractivity contribution in [2.24, 2.45) is 5.73 Å². The van der Waals surface area contributed by atoms with Crippen molar-refractivity contribution >= 4 is 17.3 Å². The van der Waals surface area contributed by atoms with Gasteiger partial charge >= 0.3 is 0 Å². The molecule has 2 rings (SSSR count). The van der Waals surface area contributed by atoms with Gasteiger partial charge in [-0.3, -0.25) is 0 Å². The molecule has 0 atom stereocenters. The van der Waals surface area contributed by atoms with Gasteiger partial charge in [0.05, 0.1) is 0 Å². The Morgan fingerprint density at radius 3 is 2.22 bits per heavy atom. The van der Waals surface area contributed by atoms with Crippen LogP contribution in [0.2, 0.25) is 5.02 Å². The van der Waals surface area contributed by atoms with Crippen LogP contribution in [-0.4, -0.2) is 14.1 Å². The summed E-state index contributed by atoms with van der Waals surface area (Å²) in [5.41, 5.74) is 9.98. The molecule has 2 aromatic carbocycles. The van der Waals surface area contributed by atoms with Gasteiger partial charge in [-0.15, -0.1) is 0 Å². The third-order valence-corrected chi connectivity index (χ3v) is 3.28. The molecule has 0 unspecified atom stereocenters. The van der Waals surface area contributed by atoms with Crippen LogP contribution in [0.4, 0.5) is 5.69 Å². The van der Waals surface area contributed by atoms with Crippen molar-refractivity contribution in [2.45, 2.75) is 6.54 Å². The van der Waals surface area contributed by atoms with E-state index in [2.05, 4.69) is 29.2 Å². The Morgan fingerprint density at radius 2 is 1.72 bits per heavy atom. The summed E-state index contributed by atoms with van der Waals surface area (Å²) in [4.78, 5) is 2.07. The number of benzene rings is 2. The average Bonchev–Trinajstić information content (AvgIpc) is 2.38. The maximum absolute atomic E-state index is 6.28. The summed E-state index contributed by atoms with van der Waals surface area (Å²) in [6.45, 7) is 0.513. The first-order valence-corrected chi connectivity index (χ1v) is 6.26. The standard InChI is InChI=1S/C15H17ClN2/c1-18(2)13-6-4-12(5-7-13)14-8-3-11(10-17)9-15(14)16/h3-9H,10,17H2,1-2H3. The van der Waals surface area contributed by atoms with E-state index in [1.165, 1.54) is 5.69 Å². The van der Waals surface area contributed by atoms with E-state index < -0.39 is 0 Å². The van der Waals surface area contributed by atoms with E-state index in [-0.39, 0.29) is 0 Å². The Hall–Kier alpha value is -1.51. The maximum Gasteiger partial charge on any atom is 0.0487 e. The highest BCUT2D eigenvalue weighted by atomic mass is 35.5. The minimum atomic E-state index is 0.513. The van der Waals surface area contributed by atoms with Gasteiger partial charge in [-0.2, -0.15) is 0 Å². The van der Waals surface area contributed by atoms with Crippen molar-refractivity contribution in [3.8, 4) is 11.1 Å². The Labute approximate surface area is 113 Å². The number of anilines is 1. The predicted octanol–water partition coefficient (Wildman–Crippen LogP) is 3.53. The second-order valence-electron chi connectivity index (χ2n) is 4.46. The fourth-order valence-corrected chi connectivity index (χ4v) is 2.17. The number of hydrogen-bond donors (Lipinski definition) is 1. The first kappa shape index (κ1) is 12.9. The normalized spacial score (nSPS) is 10.4. The Balaban J connectivity index is 2.36. The molecule has 0 aliphatic rings. The second-order valence-corrected chi connectivity index (χ2v) is 4.87. The zero-order valence-electron chi connectivity index (χ0n) is 10.7. The molecule has 2 aromatic rings. The largest absolute Gasteiger partial charge is 0.378 e. The molecular formula is C15H17ClN2. The number of hydrogen-bond acceptors (Lipinski definition) is 2. The molecule has 2 nitrogen and oxygen atoms in total. The lowest BCUT2D eigenvalue weighted by molar-refractivity contribution is 1.07. The Bertz CT molecular complexity index is 533. The predicted molar refractivity (Wildman–Crippen MR) is 79.1 cm³/mol. The quantitative estimate of drug-likeness (QED) is 0.915. The van der Waals surface area contributed by atoms with Crippen LogP contribution >= 0.6 is 11.6 Å². The highest BCUT2D eigenvalue weighted by Crippen LogP contribution is 2.29. The summed E-state index contributed by atoms with van der Waals surface area (Å²) >= 11 is 6.28. The molecule has 2 N–H and O–H groups in total. The van der Waals surface area contributed by atoms with Crippen LogP contribution in [0.1, 0.15) is 5.56 Å². The van der Waals surface area contributed by atoms with Crippen molar-refractivity contribution in [3.05, 3.63) is 53.1 Å². The molecule has 94 valence electrons. The second kappa shape index (κ2) is 5.42. The Morgan fingerprint density at radius 1 is 1.06 bits per heavy atom. The first-order valence-electron chi connectivity index (χ1n) is 5.88. The highest BCUT2D eigenvalue weighted by molar-refractivity contribution is 6.33. The first-order chi connectivity index (χ1) is 8.61. The van der Waals surface area contributed by atoms with E-state index in [1.807, 2.05) is 32.3 Å². The number of rotatable bonds is 3. The molecule has 18 heavy (non-hydrogen) atoms. The molecule has 0 amide bonds. The molecule has 0 radical (unpaired) electrons. The molecule has 0 heterocycles. The minimum Gasteiger partial charge on any atom is -0.378 e. The van der Waals surface area contributed by atoms with Gasteiger partial charge in [-0.1, -0.05) is 35.9 Å². The van der Waals surface area contributed by atoms with Gasteiger partial charge < -0.3 is 10.6 Å². The van der Waals surface area contributed by atoms with E-state index in [1.54, 1.807) is 0 Å². The summed E-state index contributed by atoms with van der Waals surface area (Å²) in [7, 11) is 4.05. The van der Waals surface area contributed by atoms with Crippen molar-refractivity contribution in [2.75, 3.05) is 19.0 Å². The van der Waals surface area contributed by atoms with Gasteiger partial charge in [0.15, 0.2) is 0 Å². The van der Waals surface area contributed by atoms with E-state index >= 15 is 0 Å². The lowest BCUT2D eigenvalue weighted by Crippen LogP contribution is -2.07. The SMILES string of the molecule is CN(C)c1ccc(-c2ccc(CN)cc2Cl)cc1. The zero-order valence-corrected chi connectivity index (χ0v) is 11.4. The third-order valence-electron chi connectivity index (χ3n) is 2.96. The van der Waals surface area contributed by atoms with Crippen molar-refractivity contribution in [1.29, 1.82) is 0 Å². The van der Waals surface area contributed by atoms with E-state index in [0.717, 1.165) is 21.7 Å².